The first-order chi connectivity index (χ1) is 8.38. The number of hydrogen-bond donors (Lipinski definition) is 2. The van der Waals surface area contributed by atoms with Crippen LogP contribution >= 0.6 is 0 Å². The molecule has 2 heteroatoms. The fourth-order valence-corrected chi connectivity index (χ4v) is 2.47. The second-order valence-corrected chi connectivity index (χ2v) is 4.96. The van der Waals surface area contributed by atoms with E-state index in [9.17, 15) is 0 Å². The number of hydrogen-bond acceptors (Lipinski definition) is 2. The molecule has 1 aliphatic heterocycles. The van der Waals surface area contributed by atoms with E-state index in [0.29, 0.717) is 0 Å². The van der Waals surface area contributed by atoms with E-state index < -0.39 is 0 Å². The van der Waals surface area contributed by atoms with Crippen molar-refractivity contribution in [1.82, 2.24) is 5.32 Å². The summed E-state index contributed by atoms with van der Waals surface area (Å²) in [5, 5.41) is 7.03. The van der Waals surface area contributed by atoms with Gasteiger partial charge in [-0.1, -0.05) is 25.5 Å². The van der Waals surface area contributed by atoms with Gasteiger partial charge < -0.3 is 10.6 Å². The van der Waals surface area contributed by atoms with Crippen molar-refractivity contribution in [3.63, 3.8) is 0 Å². The molecular weight excluding hydrogens is 208 g/mol. The maximum atomic E-state index is 3.53. The monoisotopic (exact) mass is 232 g/mol. The summed E-state index contributed by atoms with van der Waals surface area (Å²) in [4.78, 5) is 0. The van der Waals surface area contributed by atoms with E-state index in [0.717, 1.165) is 12.6 Å². The summed E-state index contributed by atoms with van der Waals surface area (Å²) in [5.74, 6) is 0. The molecule has 17 heavy (non-hydrogen) atoms. The van der Waals surface area contributed by atoms with E-state index in [1.54, 1.807) is 0 Å². The lowest BCUT2D eigenvalue weighted by Gasteiger charge is -2.11. The third kappa shape index (κ3) is 4.04. The van der Waals surface area contributed by atoms with Gasteiger partial charge in [-0.15, -0.1) is 0 Å². The van der Waals surface area contributed by atoms with Crippen LogP contribution in [-0.2, 0) is 6.42 Å². The lowest BCUT2D eigenvalue weighted by atomic mass is 10.1. The van der Waals surface area contributed by atoms with Crippen LogP contribution in [0.1, 0.15) is 38.2 Å². The molecule has 2 N–H and O–H groups in total. The molecule has 1 aromatic rings. The molecule has 0 aliphatic carbocycles. The molecule has 0 spiro atoms. The van der Waals surface area contributed by atoms with Gasteiger partial charge in [-0.25, -0.2) is 0 Å². The Balaban J connectivity index is 1.70. The molecule has 1 atom stereocenters. The van der Waals surface area contributed by atoms with Crippen LogP contribution in [0.4, 0.5) is 5.69 Å². The van der Waals surface area contributed by atoms with Gasteiger partial charge in [0.15, 0.2) is 0 Å². The van der Waals surface area contributed by atoms with Crippen molar-refractivity contribution in [2.24, 2.45) is 0 Å². The Hall–Kier alpha value is -1.02. The highest BCUT2D eigenvalue weighted by Crippen LogP contribution is 2.12. The third-order valence-corrected chi connectivity index (χ3v) is 3.48. The Kier molecular flexibility index (Phi) is 4.87. The zero-order valence-corrected chi connectivity index (χ0v) is 10.8. The standard InChI is InChI=1S/C15H24N2/c1-2-4-13-6-8-15(9-7-13)17-12-10-14-5-3-11-16-14/h6-9,14,16-17H,2-5,10-12H2,1H3. The average molecular weight is 232 g/mol. The van der Waals surface area contributed by atoms with Gasteiger partial charge >= 0.3 is 0 Å². The van der Waals surface area contributed by atoms with Gasteiger partial charge in [0.25, 0.3) is 0 Å². The maximum Gasteiger partial charge on any atom is 0.0340 e. The summed E-state index contributed by atoms with van der Waals surface area (Å²) in [7, 11) is 0. The summed E-state index contributed by atoms with van der Waals surface area (Å²) < 4.78 is 0. The van der Waals surface area contributed by atoms with E-state index in [1.165, 1.54) is 49.9 Å². The Labute approximate surface area is 105 Å². The van der Waals surface area contributed by atoms with Crippen LogP contribution in [0.15, 0.2) is 24.3 Å². The Morgan fingerprint density at radius 3 is 2.76 bits per heavy atom. The smallest absolute Gasteiger partial charge is 0.0340 e. The molecule has 1 fully saturated rings. The molecular formula is C15H24N2. The molecule has 1 saturated heterocycles. The molecule has 0 aromatic heterocycles. The molecule has 0 saturated carbocycles. The quantitative estimate of drug-likeness (QED) is 0.787. The van der Waals surface area contributed by atoms with E-state index >= 15 is 0 Å². The number of nitrogens with one attached hydrogen (secondary N) is 2. The van der Waals surface area contributed by atoms with E-state index in [-0.39, 0.29) is 0 Å². The third-order valence-electron chi connectivity index (χ3n) is 3.48. The molecule has 1 aliphatic rings. The average Bonchev–Trinajstić information content (AvgIpc) is 2.85. The lowest BCUT2D eigenvalue weighted by Crippen LogP contribution is -2.24. The molecule has 0 bridgehead atoms. The van der Waals surface area contributed by atoms with Crippen LogP contribution in [0.5, 0.6) is 0 Å². The first-order valence-corrected chi connectivity index (χ1v) is 6.94. The summed E-state index contributed by atoms with van der Waals surface area (Å²) >= 11 is 0. The highest BCUT2D eigenvalue weighted by molar-refractivity contribution is 5.44. The normalized spacial score (nSPS) is 19.5. The van der Waals surface area contributed by atoms with Gasteiger partial charge in [-0.3, -0.25) is 0 Å². The number of rotatable bonds is 6. The molecule has 2 nitrogen and oxygen atoms in total. The number of aryl methyl sites for hydroxylation is 1. The Bertz CT molecular complexity index is 312. The first-order valence-electron chi connectivity index (χ1n) is 6.94. The maximum absolute atomic E-state index is 3.53. The summed E-state index contributed by atoms with van der Waals surface area (Å²) in [5.41, 5.74) is 2.69. The minimum Gasteiger partial charge on any atom is -0.385 e. The molecule has 0 amide bonds. The predicted octanol–water partition coefficient (Wildman–Crippen LogP) is 3.19. The van der Waals surface area contributed by atoms with Crippen molar-refractivity contribution in [3.05, 3.63) is 29.8 Å². The SMILES string of the molecule is CCCc1ccc(NCCC2CCCN2)cc1. The predicted molar refractivity (Wildman–Crippen MR) is 74.6 cm³/mol. The van der Waals surface area contributed by atoms with Gasteiger partial charge in [0.2, 0.25) is 0 Å². The van der Waals surface area contributed by atoms with Crippen LogP contribution < -0.4 is 10.6 Å². The summed E-state index contributed by atoms with van der Waals surface area (Å²) in [6.45, 7) is 4.50. The van der Waals surface area contributed by atoms with Gasteiger partial charge in [0, 0.05) is 18.3 Å². The first kappa shape index (κ1) is 12.4. The molecule has 1 unspecified atom stereocenters. The minimum atomic E-state index is 0.738. The van der Waals surface area contributed by atoms with E-state index in [4.69, 9.17) is 0 Å². The molecule has 1 heterocycles. The molecule has 2 rings (SSSR count). The highest BCUT2D eigenvalue weighted by Gasteiger charge is 2.12. The zero-order valence-electron chi connectivity index (χ0n) is 10.8. The van der Waals surface area contributed by atoms with Gasteiger partial charge in [0.05, 0.1) is 0 Å². The van der Waals surface area contributed by atoms with Crippen LogP contribution in [0.2, 0.25) is 0 Å². The lowest BCUT2D eigenvalue weighted by molar-refractivity contribution is 0.574. The second kappa shape index (κ2) is 6.65. The molecule has 1 aromatic carbocycles. The van der Waals surface area contributed by atoms with Gasteiger partial charge in [-0.2, -0.15) is 0 Å². The van der Waals surface area contributed by atoms with Crippen molar-refractivity contribution < 1.29 is 0 Å². The topological polar surface area (TPSA) is 24.1 Å². The van der Waals surface area contributed by atoms with Crippen LogP contribution in [0.3, 0.4) is 0 Å². The number of benzene rings is 1. The van der Waals surface area contributed by atoms with Crippen molar-refractivity contribution >= 4 is 5.69 Å². The molecule has 0 radical (unpaired) electrons. The van der Waals surface area contributed by atoms with Crippen molar-refractivity contribution in [2.45, 2.75) is 45.1 Å². The Morgan fingerprint density at radius 1 is 1.29 bits per heavy atom. The van der Waals surface area contributed by atoms with Crippen LogP contribution in [-0.4, -0.2) is 19.1 Å². The van der Waals surface area contributed by atoms with Gasteiger partial charge in [-0.05, 0) is 49.9 Å². The summed E-state index contributed by atoms with van der Waals surface area (Å²) in [6, 6.07) is 9.61. The Morgan fingerprint density at radius 2 is 2.12 bits per heavy atom. The fourth-order valence-electron chi connectivity index (χ4n) is 2.47. The summed E-state index contributed by atoms with van der Waals surface area (Å²) in [6.07, 6.45) is 6.33. The minimum absolute atomic E-state index is 0.738. The second-order valence-electron chi connectivity index (χ2n) is 4.96. The van der Waals surface area contributed by atoms with Crippen molar-refractivity contribution in [2.75, 3.05) is 18.4 Å². The molecule has 94 valence electrons. The highest BCUT2D eigenvalue weighted by atomic mass is 14.9. The van der Waals surface area contributed by atoms with Gasteiger partial charge in [0.1, 0.15) is 0 Å². The van der Waals surface area contributed by atoms with E-state index in [1.807, 2.05) is 0 Å². The fraction of sp³-hybridized carbons (Fsp3) is 0.600. The largest absolute Gasteiger partial charge is 0.385 e. The number of anilines is 1. The van der Waals surface area contributed by atoms with E-state index in [2.05, 4.69) is 41.8 Å². The van der Waals surface area contributed by atoms with Crippen LogP contribution in [0, 0.1) is 0 Å². The van der Waals surface area contributed by atoms with Crippen molar-refractivity contribution in [3.8, 4) is 0 Å². The van der Waals surface area contributed by atoms with Crippen molar-refractivity contribution in [1.29, 1.82) is 0 Å². The van der Waals surface area contributed by atoms with Crippen LogP contribution in [0.25, 0.3) is 0 Å². The zero-order chi connectivity index (χ0) is 11.9.